The van der Waals surface area contributed by atoms with Gasteiger partial charge >= 0.3 is 6.03 Å². The van der Waals surface area contributed by atoms with Gasteiger partial charge in [0, 0.05) is 12.1 Å². The molecule has 1 unspecified atom stereocenters. The number of para-hydroxylation sites is 2. The SMILES string of the molecule is COc1ccccc1C(O)CNC(=O)Nc1ccccc1Cl. The largest absolute Gasteiger partial charge is 0.496 e. The Morgan fingerprint density at radius 3 is 2.64 bits per heavy atom. The minimum atomic E-state index is -0.867. The van der Waals surface area contributed by atoms with Gasteiger partial charge in [-0.15, -0.1) is 0 Å². The fraction of sp³-hybridized carbons (Fsp3) is 0.188. The van der Waals surface area contributed by atoms with Gasteiger partial charge in [0.05, 0.1) is 23.9 Å². The van der Waals surface area contributed by atoms with E-state index in [9.17, 15) is 9.90 Å². The second-order valence-corrected chi connectivity index (χ2v) is 4.98. The Labute approximate surface area is 133 Å². The summed E-state index contributed by atoms with van der Waals surface area (Å²) in [7, 11) is 1.53. The number of anilines is 1. The van der Waals surface area contributed by atoms with Crippen molar-refractivity contribution < 1.29 is 14.6 Å². The number of carbonyl (C=O) groups excluding carboxylic acids is 1. The number of hydrogen-bond donors (Lipinski definition) is 3. The summed E-state index contributed by atoms with van der Waals surface area (Å²) in [6.07, 6.45) is -0.867. The summed E-state index contributed by atoms with van der Waals surface area (Å²) < 4.78 is 5.18. The van der Waals surface area contributed by atoms with Crippen LogP contribution >= 0.6 is 11.6 Å². The van der Waals surface area contributed by atoms with Crippen molar-refractivity contribution in [2.24, 2.45) is 0 Å². The van der Waals surface area contributed by atoms with Gasteiger partial charge in [-0.3, -0.25) is 0 Å². The summed E-state index contributed by atoms with van der Waals surface area (Å²) in [5, 5.41) is 15.8. The highest BCUT2D eigenvalue weighted by Gasteiger charge is 2.14. The lowest BCUT2D eigenvalue weighted by atomic mass is 10.1. The molecule has 2 aromatic rings. The number of benzene rings is 2. The topological polar surface area (TPSA) is 70.6 Å². The minimum absolute atomic E-state index is 0.0522. The van der Waals surface area contributed by atoms with Crippen molar-refractivity contribution in [2.75, 3.05) is 19.0 Å². The number of methoxy groups -OCH3 is 1. The molecule has 0 aliphatic carbocycles. The molecule has 2 amide bonds. The predicted molar refractivity (Wildman–Crippen MR) is 86.4 cm³/mol. The van der Waals surface area contributed by atoms with Gasteiger partial charge in [-0.1, -0.05) is 41.9 Å². The first kappa shape index (κ1) is 16.1. The maximum atomic E-state index is 11.8. The molecule has 1 atom stereocenters. The maximum Gasteiger partial charge on any atom is 0.319 e. The van der Waals surface area contributed by atoms with Gasteiger partial charge in [-0.05, 0) is 18.2 Å². The number of carbonyl (C=O) groups is 1. The van der Waals surface area contributed by atoms with Crippen LogP contribution in [0.2, 0.25) is 5.02 Å². The van der Waals surface area contributed by atoms with Crippen molar-refractivity contribution in [1.82, 2.24) is 5.32 Å². The Balaban J connectivity index is 1.92. The molecule has 0 radical (unpaired) electrons. The van der Waals surface area contributed by atoms with Crippen LogP contribution in [0, 0.1) is 0 Å². The molecule has 2 aromatic carbocycles. The van der Waals surface area contributed by atoms with Crippen LogP contribution in [0.15, 0.2) is 48.5 Å². The fourth-order valence-electron chi connectivity index (χ4n) is 1.97. The summed E-state index contributed by atoms with van der Waals surface area (Å²) in [6.45, 7) is 0.0522. The van der Waals surface area contributed by atoms with E-state index >= 15 is 0 Å². The lowest BCUT2D eigenvalue weighted by Crippen LogP contribution is -2.32. The van der Waals surface area contributed by atoms with E-state index in [1.54, 1.807) is 42.5 Å². The van der Waals surface area contributed by atoms with E-state index in [4.69, 9.17) is 16.3 Å². The quantitative estimate of drug-likeness (QED) is 0.792. The normalized spacial score (nSPS) is 11.6. The van der Waals surface area contributed by atoms with E-state index in [0.717, 1.165) is 0 Å². The molecule has 6 heteroatoms. The molecule has 0 aliphatic rings. The Bertz CT molecular complexity index is 649. The number of halogens is 1. The average molecular weight is 321 g/mol. The third-order valence-electron chi connectivity index (χ3n) is 3.08. The number of hydrogen-bond acceptors (Lipinski definition) is 3. The molecule has 0 saturated carbocycles. The van der Waals surface area contributed by atoms with Crippen molar-refractivity contribution in [1.29, 1.82) is 0 Å². The van der Waals surface area contributed by atoms with E-state index in [-0.39, 0.29) is 6.54 Å². The van der Waals surface area contributed by atoms with Crippen LogP contribution in [0.25, 0.3) is 0 Å². The highest BCUT2D eigenvalue weighted by atomic mass is 35.5. The number of nitrogens with one attached hydrogen (secondary N) is 2. The molecule has 2 rings (SSSR count). The summed E-state index contributed by atoms with van der Waals surface area (Å²) in [5.41, 5.74) is 1.12. The molecule has 5 nitrogen and oxygen atoms in total. The number of urea groups is 1. The van der Waals surface area contributed by atoms with E-state index < -0.39 is 12.1 Å². The Hall–Kier alpha value is -2.24. The Morgan fingerprint density at radius 2 is 1.91 bits per heavy atom. The monoisotopic (exact) mass is 320 g/mol. The second-order valence-electron chi connectivity index (χ2n) is 4.57. The summed E-state index contributed by atoms with van der Waals surface area (Å²) >= 11 is 5.96. The number of amides is 2. The van der Waals surface area contributed by atoms with Crippen LogP contribution in [-0.4, -0.2) is 24.8 Å². The third kappa shape index (κ3) is 4.13. The van der Waals surface area contributed by atoms with E-state index in [1.165, 1.54) is 7.11 Å². The molecule has 0 fully saturated rings. The third-order valence-corrected chi connectivity index (χ3v) is 3.41. The van der Waals surface area contributed by atoms with Crippen molar-refractivity contribution in [3.63, 3.8) is 0 Å². The van der Waals surface area contributed by atoms with E-state index in [1.807, 2.05) is 6.07 Å². The highest BCUT2D eigenvalue weighted by molar-refractivity contribution is 6.33. The van der Waals surface area contributed by atoms with Gasteiger partial charge < -0.3 is 20.5 Å². The van der Waals surface area contributed by atoms with Gasteiger partial charge in [0.25, 0.3) is 0 Å². The number of ether oxygens (including phenoxy) is 1. The number of aliphatic hydroxyl groups excluding tert-OH is 1. The van der Waals surface area contributed by atoms with Crippen molar-refractivity contribution in [2.45, 2.75) is 6.10 Å². The molecular weight excluding hydrogens is 304 g/mol. The molecule has 0 aliphatic heterocycles. The van der Waals surface area contributed by atoms with E-state index in [0.29, 0.717) is 22.0 Å². The predicted octanol–water partition coefficient (Wildman–Crippen LogP) is 3.20. The first-order valence-corrected chi connectivity index (χ1v) is 7.10. The maximum absolute atomic E-state index is 11.8. The van der Waals surface area contributed by atoms with Crippen LogP contribution in [0.5, 0.6) is 5.75 Å². The number of aliphatic hydroxyl groups is 1. The Morgan fingerprint density at radius 1 is 1.23 bits per heavy atom. The molecule has 22 heavy (non-hydrogen) atoms. The Kier molecular flexibility index (Phi) is 5.63. The average Bonchev–Trinajstić information content (AvgIpc) is 2.54. The van der Waals surface area contributed by atoms with E-state index in [2.05, 4.69) is 10.6 Å². The summed E-state index contributed by atoms with van der Waals surface area (Å²) in [6, 6.07) is 13.6. The molecule has 0 aromatic heterocycles. The van der Waals surface area contributed by atoms with Crippen molar-refractivity contribution in [3.05, 3.63) is 59.1 Å². The zero-order valence-corrected chi connectivity index (χ0v) is 12.8. The fourth-order valence-corrected chi connectivity index (χ4v) is 2.15. The van der Waals surface area contributed by atoms with Crippen LogP contribution in [-0.2, 0) is 0 Å². The molecule has 116 valence electrons. The van der Waals surface area contributed by atoms with Crippen LogP contribution < -0.4 is 15.4 Å². The van der Waals surface area contributed by atoms with Crippen molar-refractivity contribution >= 4 is 23.3 Å². The summed E-state index contributed by atoms with van der Waals surface area (Å²) in [5.74, 6) is 0.573. The molecule has 0 bridgehead atoms. The van der Waals surface area contributed by atoms with Gasteiger partial charge in [0.2, 0.25) is 0 Å². The van der Waals surface area contributed by atoms with Crippen molar-refractivity contribution in [3.8, 4) is 5.75 Å². The lowest BCUT2D eigenvalue weighted by Gasteiger charge is -2.16. The standard InChI is InChI=1S/C16H17ClN2O3/c1-22-15-9-5-2-6-11(15)14(20)10-18-16(21)19-13-8-4-3-7-12(13)17/h2-9,14,20H,10H2,1H3,(H2,18,19,21). The lowest BCUT2D eigenvalue weighted by molar-refractivity contribution is 0.171. The van der Waals surface area contributed by atoms with Crippen LogP contribution in [0.4, 0.5) is 10.5 Å². The van der Waals surface area contributed by atoms with Gasteiger partial charge in [-0.2, -0.15) is 0 Å². The molecule has 3 N–H and O–H groups in total. The zero-order chi connectivity index (χ0) is 15.9. The first-order valence-electron chi connectivity index (χ1n) is 6.72. The first-order chi connectivity index (χ1) is 10.6. The summed E-state index contributed by atoms with van der Waals surface area (Å²) in [4.78, 5) is 11.8. The zero-order valence-electron chi connectivity index (χ0n) is 12.0. The van der Waals surface area contributed by atoms with Gasteiger partial charge in [-0.25, -0.2) is 4.79 Å². The van der Waals surface area contributed by atoms with Crippen LogP contribution in [0.1, 0.15) is 11.7 Å². The molecule has 0 heterocycles. The molecular formula is C16H17ClN2O3. The second kappa shape index (κ2) is 7.68. The van der Waals surface area contributed by atoms with Gasteiger partial charge in [0.1, 0.15) is 5.75 Å². The molecule has 0 saturated heterocycles. The van der Waals surface area contributed by atoms with Gasteiger partial charge in [0.15, 0.2) is 0 Å². The number of rotatable bonds is 5. The highest BCUT2D eigenvalue weighted by Crippen LogP contribution is 2.24. The molecule has 0 spiro atoms. The smallest absolute Gasteiger partial charge is 0.319 e. The van der Waals surface area contributed by atoms with Crippen LogP contribution in [0.3, 0.4) is 0 Å². The minimum Gasteiger partial charge on any atom is -0.496 e.